The molecule has 0 saturated carbocycles. The number of rotatable bonds is 2. The first kappa shape index (κ1) is 14.1. The Kier molecular flexibility index (Phi) is 3.13. The largest absolute Gasteiger partial charge is 0.491 e. The minimum atomic E-state index is -0.161. The number of carbonyl (C=O) groups is 1. The van der Waals surface area contributed by atoms with Crippen LogP contribution in [0.1, 0.15) is 6.92 Å². The van der Waals surface area contributed by atoms with Crippen molar-refractivity contribution in [1.82, 2.24) is 20.4 Å². The van der Waals surface area contributed by atoms with Gasteiger partial charge in [-0.1, -0.05) is 18.2 Å². The Morgan fingerprint density at radius 2 is 1.96 bits per heavy atom. The van der Waals surface area contributed by atoms with Gasteiger partial charge in [0.2, 0.25) is 5.91 Å². The van der Waals surface area contributed by atoms with E-state index in [2.05, 4.69) is 25.7 Å². The molecular formula is C17H13N5O2. The fourth-order valence-electron chi connectivity index (χ4n) is 2.70. The van der Waals surface area contributed by atoms with Crippen molar-refractivity contribution in [3.8, 4) is 17.0 Å². The molecule has 7 heteroatoms. The number of hydrogen-bond donors (Lipinski definition) is 3. The summed E-state index contributed by atoms with van der Waals surface area (Å²) in [6.07, 6.45) is 0. The van der Waals surface area contributed by atoms with Gasteiger partial charge in [0.15, 0.2) is 5.52 Å². The molecule has 0 radical (unpaired) electrons. The highest BCUT2D eigenvalue weighted by Crippen LogP contribution is 2.29. The minimum absolute atomic E-state index is 0.113. The summed E-state index contributed by atoms with van der Waals surface area (Å²) in [5.74, 6) is -0.274. The van der Waals surface area contributed by atoms with Gasteiger partial charge in [-0.3, -0.25) is 9.89 Å². The van der Waals surface area contributed by atoms with E-state index in [0.29, 0.717) is 16.6 Å². The van der Waals surface area contributed by atoms with Gasteiger partial charge < -0.3 is 10.4 Å². The molecule has 24 heavy (non-hydrogen) atoms. The van der Waals surface area contributed by atoms with E-state index in [1.165, 1.54) is 6.92 Å². The van der Waals surface area contributed by atoms with Gasteiger partial charge in [0.1, 0.15) is 0 Å². The highest BCUT2D eigenvalue weighted by Gasteiger charge is 2.11. The molecule has 0 unspecified atom stereocenters. The monoisotopic (exact) mass is 319 g/mol. The number of carbonyl (C=O) groups excluding carboxylic acids is 1. The quantitative estimate of drug-likeness (QED) is 0.527. The van der Waals surface area contributed by atoms with E-state index in [1.54, 1.807) is 0 Å². The summed E-state index contributed by atoms with van der Waals surface area (Å²) in [5, 5.41) is 27.9. The van der Waals surface area contributed by atoms with Crippen LogP contribution in [0.25, 0.3) is 33.1 Å². The molecule has 0 aliphatic heterocycles. The summed E-state index contributed by atoms with van der Waals surface area (Å²) in [7, 11) is 0. The average Bonchev–Trinajstić information content (AvgIpc) is 2.95. The van der Waals surface area contributed by atoms with Crippen LogP contribution in [0, 0.1) is 0 Å². The zero-order valence-electron chi connectivity index (χ0n) is 12.7. The number of aromatic hydroxyl groups is 1. The molecule has 2 heterocycles. The van der Waals surface area contributed by atoms with E-state index in [4.69, 9.17) is 0 Å². The van der Waals surface area contributed by atoms with Crippen molar-refractivity contribution < 1.29 is 9.90 Å². The van der Waals surface area contributed by atoms with Crippen molar-refractivity contribution >= 4 is 33.5 Å². The summed E-state index contributed by atoms with van der Waals surface area (Å²) < 4.78 is 0. The molecule has 3 N–H and O–H groups in total. The third kappa shape index (κ3) is 2.32. The molecule has 1 amide bonds. The third-order valence-corrected chi connectivity index (χ3v) is 3.76. The maximum atomic E-state index is 11.2. The molecule has 0 aliphatic carbocycles. The maximum Gasteiger partial charge on any atom is 0.258 e. The molecule has 0 saturated heterocycles. The van der Waals surface area contributed by atoms with Gasteiger partial charge >= 0.3 is 0 Å². The molecule has 4 aromatic rings. The summed E-state index contributed by atoms with van der Waals surface area (Å²) in [6.45, 7) is 1.48. The van der Waals surface area contributed by atoms with Crippen LogP contribution in [0.3, 0.4) is 0 Å². The molecule has 4 rings (SSSR count). The number of aromatic nitrogens is 4. The lowest BCUT2D eigenvalue weighted by Gasteiger charge is -2.07. The molecule has 0 atom stereocenters. The van der Waals surface area contributed by atoms with E-state index >= 15 is 0 Å². The molecule has 118 valence electrons. The second-order valence-corrected chi connectivity index (χ2v) is 5.46. The van der Waals surface area contributed by atoms with Crippen LogP contribution in [-0.2, 0) is 4.79 Å². The minimum Gasteiger partial charge on any atom is -0.491 e. The molecule has 0 fully saturated rings. The number of nitrogens with zero attached hydrogens (tertiary/aromatic N) is 3. The Bertz CT molecular complexity index is 1090. The first-order chi connectivity index (χ1) is 11.6. The van der Waals surface area contributed by atoms with Crippen LogP contribution in [0.2, 0.25) is 0 Å². The van der Waals surface area contributed by atoms with Crippen LogP contribution in [0.4, 0.5) is 5.69 Å². The zero-order valence-corrected chi connectivity index (χ0v) is 12.7. The van der Waals surface area contributed by atoms with Crippen LogP contribution in [0.15, 0.2) is 42.5 Å². The topological polar surface area (TPSA) is 104 Å². The number of benzene rings is 2. The Balaban J connectivity index is 1.83. The first-order valence-electron chi connectivity index (χ1n) is 7.33. The van der Waals surface area contributed by atoms with Crippen LogP contribution >= 0.6 is 0 Å². The molecule has 0 aliphatic rings. The second-order valence-electron chi connectivity index (χ2n) is 5.46. The smallest absolute Gasteiger partial charge is 0.258 e. The van der Waals surface area contributed by atoms with Crippen LogP contribution < -0.4 is 5.32 Å². The lowest BCUT2D eigenvalue weighted by Crippen LogP contribution is -2.05. The molecule has 7 nitrogen and oxygen atoms in total. The highest BCUT2D eigenvalue weighted by atomic mass is 16.3. The zero-order chi connectivity index (χ0) is 16.7. The predicted octanol–water partition coefficient (Wildman–Crippen LogP) is 2.84. The van der Waals surface area contributed by atoms with Crippen molar-refractivity contribution in [2.75, 3.05) is 5.32 Å². The Morgan fingerprint density at radius 1 is 1.12 bits per heavy atom. The fraction of sp³-hybridized carbons (Fsp3) is 0.0588. The summed E-state index contributed by atoms with van der Waals surface area (Å²) in [5.41, 5.74) is 4.33. The van der Waals surface area contributed by atoms with Crippen molar-refractivity contribution in [2.45, 2.75) is 6.92 Å². The summed E-state index contributed by atoms with van der Waals surface area (Å²) in [6, 6.07) is 13.3. The van der Waals surface area contributed by atoms with Gasteiger partial charge in [0.25, 0.3) is 5.88 Å². The van der Waals surface area contributed by atoms with Crippen molar-refractivity contribution in [1.29, 1.82) is 0 Å². The fourth-order valence-corrected chi connectivity index (χ4v) is 2.70. The van der Waals surface area contributed by atoms with Crippen molar-refractivity contribution in [2.24, 2.45) is 0 Å². The lowest BCUT2D eigenvalue weighted by molar-refractivity contribution is -0.114. The number of aromatic amines is 1. The van der Waals surface area contributed by atoms with Gasteiger partial charge in [-0.25, -0.2) is 0 Å². The van der Waals surface area contributed by atoms with E-state index in [9.17, 15) is 9.90 Å². The third-order valence-electron chi connectivity index (χ3n) is 3.76. The number of nitrogens with one attached hydrogen (secondary N) is 2. The predicted molar refractivity (Wildman–Crippen MR) is 90.6 cm³/mol. The highest BCUT2D eigenvalue weighted by molar-refractivity contribution is 6.03. The molecule has 2 aromatic carbocycles. The standard InChI is InChI=1S/C17H13N5O2/c1-9(23)18-12-4-2-3-10(7-12)11-5-6-13-14(8-11)19-21-16-15(13)20-22-17(16)24/h2-8H,1H3,(H,18,23)(H2,20,22,24). The number of anilines is 1. The summed E-state index contributed by atoms with van der Waals surface area (Å²) >= 11 is 0. The van der Waals surface area contributed by atoms with Gasteiger partial charge in [0.05, 0.1) is 11.0 Å². The Labute approximate surface area is 136 Å². The van der Waals surface area contributed by atoms with Gasteiger partial charge in [-0.05, 0) is 35.4 Å². The number of amides is 1. The van der Waals surface area contributed by atoms with Crippen molar-refractivity contribution in [3.05, 3.63) is 42.5 Å². The second kappa shape index (κ2) is 5.31. The Morgan fingerprint density at radius 3 is 2.79 bits per heavy atom. The molecule has 0 bridgehead atoms. The number of H-pyrrole nitrogens is 1. The van der Waals surface area contributed by atoms with Gasteiger partial charge in [0, 0.05) is 18.0 Å². The van der Waals surface area contributed by atoms with E-state index < -0.39 is 0 Å². The van der Waals surface area contributed by atoms with E-state index in [1.807, 2.05) is 42.5 Å². The lowest BCUT2D eigenvalue weighted by atomic mass is 10.0. The maximum absolute atomic E-state index is 11.2. The first-order valence-corrected chi connectivity index (χ1v) is 7.33. The van der Waals surface area contributed by atoms with Gasteiger partial charge in [-0.2, -0.15) is 0 Å². The van der Waals surface area contributed by atoms with Gasteiger partial charge in [-0.15, -0.1) is 15.3 Å². The SMILES string of the molecule is CC(=O)Nc1cccc(-c2ccc3c(c2)nnc2c(O)n[nH]c23)c1. The Hall–Kier alpha value is -3.48. The average molecular weight is 319 g/mol. The molecule has 2 aromatic heterocycles. The molecular weight excluding hydrogens is 306 g/mol. The van der Waals surface area contributed by atoms with E-state index in [0.717, 1.165) is 22.2 Å². The van der Waals surface area contributed by atoms with E-state index in [-0.39, 0.29) is 11.8 Å². The summed E-state index contributed by atoms with van der Waals surface area (Å²) in [4.78, 5) is 11.2. The number of fused-ring (bicyclic) bond motifs is 3. The normalized spacial score (nSPS) is 11.0. The van der Waals surface area contributed by atoms with Crippen LogP contribution in [-0.4, -0.2) is 31.4 Å². The van der Waals surface area contributed by atoms with Crippen molar-refractivity contribution in [3.63, 3.8) is 0 Å². The van der Waals surface area contributed by atoms with Crippen LogP contribution in [0.5, 0.6) is 5.88 Å². The number of hydrogen-bond acceptors (Lipinski definition) is 5. The molecule has 0 spiro atoms.